The second kappa shape index (κ2) is 44.9. The maximum Gasteiger partial charge on any atom is 0.335 e. The van der Waals surface area contributed by atoms with Crippen molar-refractivity contribution in [1.82, 2.24) is 0 Å². The molecule has 0 saturated carbocycles. The third-order valence-electron chi connectivity index (χ3n) is 12.5. The van der Waals surface area contributed by atoms with E-state index in [1.165, 1.54) is 154 Å². The number of carbonyl (C=O) groups is 3. The van der Waals surface area contributed by atoms with Gasteiger partial charge in [-0.2, -0.15) is 0 Å². The van der Waals surface area contributed by atoms with E-state index in [-0.39, 0.29) is 19.4 Å². The molecular weight excluding hydrogens is 837 g/mol. The van der Waals surface area contributed by atoms with Crippen LogP contribution in [0.4, 0.5) is 0 Å². The second-order valence-corrected chi connectivity index (χ2v) is 18.7. The monoisotopic (exact) mass is 935 g/mol. The van der Waals surface area contributed by atoms with Crippen LogP contribution in [0.25, 0.3) is 0 Å². The number of esters is 2. The van der Waals surface area contributed by atoms with E-state index in [1.54, 1.807) is 0 Å². The molecule has 0 aliphatic carbocycles. The summed E-state index contributed by atoms with van der Waals surface area (Å²) in [5, 5.41) is 40.0. The summed E-state index contributed by atoms with van der Waals surface area (Å²) in [6.45, 7) is 3.81. The van der Waals surface area contributed by atoms with Gasteiger partial charge < -0.3 is 39.4 Å². The molecule has 0 amide bonds. The van der Waals surface area contributed by atoms with Gasteiger partial charge in [-0.15, -0.1) is 0 Å². The third kappa shape index (κ3) is 35.6. The van der Waals surface area contributed by atoms with Crippen LogP contribution in [-0.4, -0.2) is 88.4 Å². The van der Waals surface area contributed by atoms with Gasteiger partial charge >= 0.3 is 17.9 Å². The molecule has 11 nitrogen and oxygen atoms in total. The summed E-state index contributed by atoms with van der Waals surface area (Å²) in [6, 6.07) is 0. The van der Waals surface area contributed by atoms with E-state index in [0.29, 0.717) is 12.8 Å². The maximum atomic E-state index is 12.9. The molecule has 1 fully saturated rings. The van der Waals surface area contributed by atoms with E-state index in [4.69, 9.17) is 18.9 Å². The van der Waals surface area contributed by atoms with Gasteiger partial charge in [-0.05, 0) is 70.6 Å². The minimum Gasteiger partial charge on any atom is -0.479 e. The fraction of sp³-hybridized carbons (Fsp3) is 0.836. The number of unbranched alkanes of at least 4 members (excludes halogenated alkanes) is 29. The molecule has 0 aromatic rings. The van der Waals surface area contributed by atoms with Crippen molar-refractivity contribution in [3.63, 3.8) is 0 Å². The molecule has 6 atom stereocenters. The van der Waals surface area contributed by atoms with Crippen molar-refractivity contribution in [2.24, 2.45) is 0 Å². The van der Waals surface area contributed by atoms with E-state index in [9.17, 15) is 34.8 Å². The number of hydrogen-bond donors (Lipinski definition) is 4. The van der Waals surface area contributed by atoms with Gasteiger partial charge in [0.2, 0.25) is 0 Å². The molecule has 1 rings (SSSR count). The van der Waals surface area contributed by atoms with Crippen LogP contribution < -0.4 is 0 Å². The largest absolute Gasteiger partial charge is 0.479 e. The van der Waals surface area contributed by atoms with E-state index in [0.717, 1.165) is 51.4 Å². The minimum atomic E-state index is -1.86. The Labute approximate surface area is 401 Å². The van der Waals surface area contributed by atoms with Gasteiger partial charge in [0.25, 0.3) is 0 Å². The zero-order chi connectivity index (χ0) is 48.1. The first-order valence-corrected chi connectivity index (χ1v) is 27.0. The Morgan fingerprint density at radius 2 is 0.848 bits per heavy atom. The summed E-state index contributed by atoms with van der Waals surface area (Å²) in [5.74, 6) is -2.44. The number of hydrogen-bond acceptors (Lipinski definition) is 10. The van der Waals surface area contributed by atoms with Gasteiger partial charge in [-0.1, -0.05) is 198 Å². The standard InChI is InChI=1S/C55H98O11/c1-3-5-7-9-11-13-15-17-19-21-22-23-24-25-26-28-30-32-34-36-38-40-42-44-49(57)65-47(46-64-55-52(60)50(58)51(59)53(66-55)54(61)62)45-63-48(56)43-41-39-37-35-33-31-29-27-20-18-16-14-12-10-8-6-4-2/h12,14,18,20-22,47,50-53,55,58-60H,3-11,13,15-17,19,23-46H2,1-2H3,(H,61,62)/b14-12-,20-18-,22-21-. The Hall–Kier alpha value is -2.57. The van der Waals surface area contributed by atoms with Crippen LogP contribution in [0.3, 0.4) is 0 Å². The van der Waals surface area contributed by atoms with Crippen molar-refractivity contribution in [1.29, 1.82) is 0 Å². The molecule has 11 heteroatoms. The molecule has 0 aromatic carbocycles. The molecule has 4 N–H and O–H groups in total. The van der Waals surface area contributed by atoms with Crippen LogP contribution in [-0.2, 0) is 33.3 Å². The van der Waals surface area contributed by atoms with Crippen LogP contribution in [0.2, 0.25) is 0 Å². The number of ether oxygens (including phenoxy) is 4. The van der Waals surface area contributed by atoms with Crippen molar-refractivity contribution in [3.8, 4) is 0 Å². The predicted octanol–water partition coefficient (Wildman–Crippen LogP) is 13.1. The summed E-state index contributed by atoms with van der Waals surface area (Å²) in [7, 11) is 0. The number of carboxylic acids is 1. The summed E-state index contributed by atoms with van der Waals surface area (Å²) < 4.78 is 21.8. The molecule has 6 unspecified atom stereocenters. The third-order valence-corrected chi connectivity index (χ3v) is 12.5. The van der Waals surface area contributed by atoms with Crippen molar-refractivity contribution in [2.45, 2.75) is 282 Å². The zero-order valence-electron chi connectivity index (χ0n) is 41.9. The van der Waals surface area contributed by atoms with Crippen LogP contribution in [0, 0.1) is 0 Å². The fourth-order valence-electron chi connectivity index (χ4n) is 8.20. The molecular formula is C55H98O11. The number of rotatable bonds is 46. The highest BCUT2D eigenvalue weighted by atomic mass is 16.7. The molecule has 0 aromatic heterocycles. The van der Waals surface area contributed by atoms with Crippen molar-refractivity contribution in [3.05, 3.63) is 36.5 Å². The molecule has 1 heterocycles. The zero-order valence-corrected chi connectivity index (χ0v) is 41.9. The predicted molar refractivity (Wildman–Crippen MR) is 266 cm³/mol. The van der Waals surface area contributed by atoms with Gasteiger partial charge in [-0.25, -0.2) is 4.79 Å². The lowest BCUT2D eigenvalue weighted by Crippen LogP contribution is -2.60. The van der Waals surface area contributed by atoms with E-state index in [1.807, 2.05) is 0 Å². The van der Waals surface area contributed by atoms with E-state index >= 15 is 0 Å². The SMILES string of the molecule is CCCCC/C=C\C/C=C\CCCCCCCCCC(=O)OCC(COC1OC(C(=O)O)C(O)C(O)C1O)OC(=O)CCCCCCCCCCCCC/C=C\CCCCCCCCCC. The number of allylic oxidation sites excluding steroid dienone is 6. The molecule has 0 bridgehead atoms. The first-order chi connectivity index (χ1) is 32.2. The molecule has 384 valence electrons. The lowest BCUT2D eigenvalue weighted by molar-refractivity contribution is -0.298. The van der Waals surface area contributed by atoms with E-state index < -0.39 is 61.3 Å². The van der Waals surface area contributed by atoms with Crippen LogP contribution in [0.15, 0.2) is 36.5 Å². The van der Waals surface area contributed by atoms with Crippen molar-refractivity contribution < 1.29 is 53.8 Å². The summed E-state index contributed by atoms with van der Waals surface area (Å²) in [6.07, 6.45) is 44.8. The molecule has 0 radical (unpaired) electrons. The fourth-order valence-corrected chi connectivity index (χ4v) is 8.20. The molecule has 1 aliphatic rings. The molecule has 66 heavy (non-hydrogen) atoms. The van der Waals surface area contributed by atoms with Gasteiger partial charge in [0.05, 0.1) is 6.61 Å². The van der Waals surface area contributed by atoms with Gasteiger partial charge in [0.1, 0.15) is 24.9 Å². The average Bonchev–Trinajstić information content (AvgIpc) is 3.30. The summed E-state index contributed by atoms with van der Waals surface area (Å²) >= 11 is 0. The average molecular weight is 935 g/mol. The Kier molecular flexibility index (Phi) is 41.8. The summed E-state index contributed by atoms with van der Waals surface area (Å²) in [5.41, 5.74) is 0. The Bertz CT molecular complexity index is 1240. The lowest BCUT2D eigenvalue weighted by Gasteiger charge is -2.38. The number of carbonyl (C=O) groups excluding carboxylic acids is 2. The van der Waals surface area contributed by atoms with E-state index in [2.05, 4.69) is 50.3 Å². The molecule has 0 spiro atoms. The number of aliphatic hydroxyl groups excluding tert-OH is 3. The topological polar surface area (TPSA) is 169 Å². The quantitative estimate of drug-likeness (QED) is 0.0260. The van der Waals surface area contributed by atoms with Gasteiger partial charge in [-0.3, -0.25) is 9.59 Å². The van der Waals surface area contributed by atoms with Crippen molar-refractivity contribution in [2.75, 3.05) is 13.2 Å². The Morgan fingerprint density at radius 3 is 1.30 bits per heavy atom. The maximum absolute atomic E-state index is 12.9. The van der Waals surface area contributed by atoms with Crippen LogP contribution >= 0.6 is 0 Å². The smallest absolute Gasteiger partial charge is 0.335 e. The van der Waals surface area contributed by atoms with Crippen molar-refractivity contribution >= 4 is 17.9 Å². The lowest BCUT2D eigenvalue weighted by atomic mass is 9.99. The Balaban J connectivity index is 2.27. The first-order valence-electron chi connectivity index (χ1n) is 27.0. The number of aliphatic hydroxyl groups is 3. The number of aliphatic carboxylic acids is 1. The second-order valence-electron chi connectivity index (χ2n) is 18.7. The number of carboxylic acid groups (broad SMARTS) is 1. The summed E-state index contributed by atoms with van der Waals surface area (Å²) in [4.78, 5) is 37.0. The highest BCUT2D eigenvalue weighted by Gasteiger charge is 2.47. The van der Waals surface area contributed by atoms with Crippen LogP contribution in [0.1, 0.15) is 245 Å². The van der Waals surface area contributed by atoms with Gasteiger partial charge in [0, 0.05) is 12.8 Å². The Morgan fingerprint density at radius 1 is 0.470 bits per heavy atom. The normalized spacial score (nSPS) is 19.3. The molecule has 1 aliphatic heterocycles. The van der Waals surface area contributed by atoms with Crippen LogP contribution in [0.5, 0.6) is 0 Å². The highest BCUT2D eigenvalue weighted by molar-refractivity contribution is 5.73. The minimum absolute atomic E-state index is 0.181. The van der Waals surface area contributed by atoms with Gasteiger partial charge in [0.15, 0.2) is 18.5 Å². The highest BCUT2D eigenvalue weighted by Crippen LogP contribution is 2.23. The molecule has 1 saturated heterocycles. The first kappa shape index (κ1) is 61.4.